The molecule has 2 N–H and O–H groups in total. The van der Waals surface area contributed by atoms with Gasteiger partial charge in [-0.3, -0.25) is 9.05 Å². The van der Waals surface area contributed by atoms with Gasteiger partial charge in [-0.05, 0) is 13.8 Å². The molecule has 0 radical (unpaired) electrons. The van der Waals surface area contributed by atoms with Crippen molar-refractivity contribution < 1.29 is 37.3 Å². The third kappa shape index (κ3) is 6.78. The predicted molar refractivity (Wildman–Crippen MR) is 88.0 cm³/mol. The van der Waals surface area contributed by atoms with Crippen molar-refractivity contribution in [1.29, 1.82) is 0 Å². The summed E-state index contributed by atoms with van der Waals surface area (Å²) >= 11 is 1.03. The van der Waals surface area contributed by atoms with E-state index in [0.29, 0.717) is 0 Å². The lowest BCUT2D eigenvalue weighted by Crippen LogP contribution is -2.21. The molecule has 1 aromatic rings. The van der Waals surface area contributed by atoms with Crippen LogP contribution in [0.5, 0.6) is 0 Å². The lowest BCUT2D eigenvalue weighted by atomic mass is 10.3. The average molecular weight is 395 g/mol. The average Bonchev–Trinajstić information content (AvgIpc) is 2.97. The Kier molecular flexibility index (Phi) is 8.49. The van der Waals surface area contributed by atoms with Crippen molar-refractivity contribution in [3.63, 3.8) is 0 Å². The lowest BCUT2D eigenvalue weighted by molar-refractivity contribution is -0.146. The Morgan fingerprint density at radius 2 is 1.96 bits per heavy atom. The first-order chi connectivity index (χ1) is 11.8. The number of oxime groups is 1. The maximum absolute atomic E-state index is 12.3. The van der Waals surface area contributed by atoms with Gasteiger partial charge in [-0.1, -0.05) is 5.16 Å². The zero-order chi connectivity index (χ0) is 18.9. The third-order valence-corrected chi connectivity index (χ3v) is 4.51. The zero-order valence-corrected chi connectivity index (χ0v) is 15.5. The van der Waals surface area contributed by atoms with Crippen LogP contribution in [0.1, 0.15) is 19.5 Å². The van der Waals surface area contributed by atoms with Crippen molar-refractivity contribution in [2.24, 2.45) is 5.16 Å². The molecule has 0 spiro atoms. The summed E-state index contributed by atoms with van der Waals surface area (Å²) < 4.78 is 31.2. The number of phosphoric ester groups is 1. The molecule has 0 saturated heterocycles. The molecule has 0 aromatic carbocycles. The topological polar surface area (TPSA) is 149 Å². The predicted octanol–water partition coefficient (Wildman–Crippen LogP) is 1.34. The van der Waals surface area contributed by atoms with E-state index in [-0.39, 0.29) is 24.0 Å². The van der Waals surface area contributed by atoms with Gasteiger partial charge in [0.1, 0.15) is 5.69 Å². The monoisotopic (exact) mass is 395 g/mol. The maximum atomic E-state index is 12.3. The van der Waals surface area contributed by atoms with Gasteiger partial charge in [0.05, 0.1) is 20.3 Å². The Labute approximate surface area is 147 Å². The van der Waals surface area contributed by atoms with Crippen LogP contribution in [-0.4, -0.2) is 49.6 Å². The van der Waals surface area contributed by atoms with Crippen LogP contribution in [0.3, 0.4) is 0 Å². The number of hydrogen-bond acceptors (Lipinski definition) is 12. The molecule has 1 aromatic heterocycles. The van der Waals surface area contributed by atoms with E-state index in [4.69, 9.17) is 24.1 Å². The van der Waals surface area contributed by atoms with E-state index < -0.39 is 32.1 Å². The Bertz CT molecular complexity index is 667. The van der Waals surface area contributed by atoms with Gasteiger partial charge in [-0.15, -0.1) is 11.3 Å². The molecule has 0 unspecified atom stereocenters. The zero-order valence-electron chi connectivity index (χ0n) is 13.8. The third-order valence-electron chi connectivity index (χ3n) is 2.29. The van der Waals surface area contributed by atoms with Crippen LogP contribution >= 0.6 is 19.2 Å². The molecule has 11 nitrogen and oxygen atoms in total. The van der Waals surface area contributed by atoms with Gasteiger partial charge < -0.3 is 19.8 Å². The summed E-state index contributed by atoms with van der Waals surface area (Å²) in [6.07, 6.45) is 0. The summed E-state index contributed by atoms with van der Waals surface area (Å²) in [4.78, 5) is 32.0. The number of anilines is 1. The summed E-state index contributed by atoms with van der Waals surface area (Å²) in [7, 11) is -2.97. The smallest absolute Gasteiger partial charge is 0.466 e. The van der Waals surface area contributed by atoms with Crippen molar-refractivity contribution in [2.45, 2.75) is 13.8 Å². The second-order valence-corrected chi connectivity index (χ2v) is 6.51. The molecule has 0 atom stereocenters. The Balaban J connectivity index is 3.01. The number of rotatable bonds is 10. The maximum Gasteiger partial charge on any atom is 0.532 e. The van der Waals surface area contributed by atoms with Crippen LogP contribution < -0.4 is 5.73 Å². The van der Waals surface area contributed by atoms with Gasteiger partial charge in [0.2, 0.25) is 12.3 Å². The molecular weight excluding hydrogens is 377 g/mol. The SMILES string of the molecule is CCOP(=O)(OCC)OC(=O)C(=NOCC(=O)OC)c1csc(N)n1. The number of thiazole rings is 1. The van der Waals surface area contributed by atoms with Crippen molar-refractivity contribution in [2.75, 3.05) is 32.7 Å². The first kappa shape index (κ1) is 21.0. The second kappa shape index (κ2) is 10.1. The van der Waals surface area contributed by atoms with Crippen LogP contribution in [0, 0.1) is 0 Å². The number of hydrogen-bond donors (Lipinski definition) is 1. The second-order valence-electron chi connectivity index (χ2n) is 4.02. The molecule has 0 aliphatic heterocycles. The highest BCUT2D eigenvalue weighted by Gasteiger charge is 2.34. The standard InChI is InChI=1S/C12H18N3O8PS/c1-4-21-24(18,22-5-2)23-11(17)10(8-7-25-12(13)14-8)15-20-6-9(16)19-3/h7H,4-6H2,1-3H3,(H2,13,14). The van der Waals surface area contributed by atoms with Gasteiger partial charge in [0, 0.05) is 5.38 Å². The summed E-state index contributed by atoms with van der Waals surface area (Å²) in [5.74, 6) is -1.90. The Morgan fingerprint density at radius 3 is 2.44 bits per heavy atom. The highest BCUT2D eigenvalue weighted by atomic mass is 32.1. The van der Waals surface area contributed by atoms with Gasteiger partial charge in [-0.2, -0.15) is 0 Å². The van der Waals surface area contributed by atoms with Gasteiger partial charge in [0.15, 0.2) is 5.13 Å². The van der Waals surface area contributed by atoms with Gasteiger partial charge in [-0.25, -0.2) is 19.1 Å². The van der Waals surface area contributed by atoms with Crippen molar-refractivity contribution in [3.05, 3.63) is 11.1 Å². The number of methoxy groups -OCH3 is 1. The summed E-state index contributed by atoms with van der Waals surface area (Å²) in [6, 6.07) is 0. The number of aromatic nitrogens is 1. The number of nitrogen functional groups attached to an aromatic ring is 1. The number of phosphoric acid groups is 1. The van der Waals surface area contributed by atoms with Crippen LogP contribution in [-0.2, 0) is 37.3 Å². The van der Waals surface area contributed by atoms with Crippen LogP contribution in [0.15, 0.2) is 10.5 Å². The van der Waals surface area contributed by atoms with Crippen LogP contribution in [0.4, 0.5) is 5.13 Å². The number of nitrogens with zero attached hydrogens (tertiary/aromatic N) is 2. The minimum atomic E-state index is -4.13. The molecular formula is C12H18N3O8PS. The molecule has 0 bridgehead atoms. The number of carbonyl (C=O) groups excluding carboxylic acids is 2. The van der Waals surface area contributed by atoms with E-state index >= 15 is 0 Å². The molecule has 0 fully saturated rings. The minimum absolute atomic E-state index is 0.0110. The van der Waals surface area contributed by atoms with E-state index in [2.05, 4.69) is 14.9 Å². The molecule has 0 aliphatic carbocycles. The molecule has 13 heteroatoms. The van der Waals surface area contributed by atoms with Crippen LogP contribution in [0.2, 0.25) is 0 Å². The summed E-state index contributed by atoms with van der Waals surface area (Å²) in [5.41, 5.74) is 5.07. The normalized spacial score (nSPS) is 11.9. The Hall–Kier alpha value is -2.01. The molecule has 140 valence electrons. The van der Waals surface area contributed by atoms with E-state index in [9.17, 15) is 14.2 Å². The van der Waals surface area contributed by atoms with E-state index in [0.717, 1.165) is 18.4 Å². The molecule has 0 aliphatic rings. The molecule has 25 heavy (non-hydrogen) atoms. The molecule has 1 rings (SSSR count). The van der Waals surface area contributed by atoms with E-state index in [1.54, 1.807) is 13.8 Å². The largest absolute Gasteiger partial charge is 0.532 e. The van der Waals surface area contributed by atoms with E-state index in [1.165, 1.54) is 5.38 Å². The van der Waals surface area contributed by atoms with Gasteiger partial charge in [0.25, 0.3) is 0 Å². The highest BCUT2D eigenvalue weighted by molar-refractivity contribution is 7.49. The number of esters is 1. The summed E-state index contributed by atoms with van der Waals surface area (Å²) in [6.45, 7) is 2.52. The first-order valence-electron chi connectivity index (χ1n) is 6.96. The van der Waals surface area contributed by atoms with Crippen molar-refractivity contribution >= 4 is 41.9 Å². The number of carbonyl (C=O) groups is 2. The number of nitrogens with two attached hydrogens (primary N) is 1. The fourth-order valence-corrected chi connectivity index (χ4v) is 2.99. The van der Waals surface area contributed by atoms with Crippen molar-refractivity contribution in [1.82, 2.24) is 4.98 Å². The lowest BCUT2D eigenvalue weighted by Gasteiger charge is -2.15. The molecule has 0 amide bonds. The fraction of sp³-hybridized carbons (Fsp3) is 0.500. The molecule has 0 saturated carbocycles. The first-order valence-corrected chi connectivity index (χ1v) is 9.30. The molecule has 1 heterocycles. The summed E-state index contributed by atoms with van der Waals surface area (Å²) in [5, 5.41) is 5.06. The van der Waals surface area contributed by atoms with Gasteiger partial charge >= 0.3 is 19.8 Å². The van der Waals surface area contributed by atoms with E-state index in [1.807, 2.05) is 0 Å². The van der Waals surface area contributed by atoms with Crippen LogP contribution in [0.25, 0.3) is 0 Å². The van der Waals surface area contributed by atoms with Crippen molar-refractivity contribution in [3.8, 4) is 0 Å². The highest BCUT2D eigenvalue weighted by Crippen LogP contribution is 2.49. The minimum Gasteiger partial charge on any atom is -0.466 e. The quantitative estimate of drug-likeness (QED) is 0.266. The number of ether oxygens (including phenoxy) is 1. The Morgan fingerprint density at radius 1 is 1.32 bits per heavy atom. The fourth-order valence-electron chi connectivity index (χ4n) is 1.34.